The molecule has 0 radical (unpaired) electrons. The molecule has 5 rings (SSSR count). The highest BCUT2D eigenvalue weighted by Gasteiger charge is 2.66. The molecule has 1 aromatic rings. The quantitative estimate of drug-likeness (QED) is 0.434. The highest BCUT2D eigenvalue weighted by Crippen LogP contribution is 2.54. The van der Waals surface area contributed by atoms with E-state index in [1.54, 1.807) is 0 Å². The summed E-state index contributed by atoms with van der Waals surface area (Å²) in [5.41, 5.74) is -0.00262. The van der Waals surface area contributed by atoms with E-state index in [-0.39, 0.29) is 17.5 Å². The number of carbonyl (C=O) groups is 2. The molecule has 2 aliphatic heterocycles. The first-order valence-electron chi connectivity index (χ1n) is 8.03. The Bertz CT molecular complexity index is 854. The number of benzene rings is 1. The van der Waals surface area contributed by atoms with E-state index in [9.17, 15) is 27.2 Å². The summed E-state index contributed by atoms with van der Waals surface area (Å²) in [5, 5.41) is 0. The normalized spacial score (nSPS) is 35.2. The minimum Gasteiger partial charge on any atom is -0.421 e. The molecule has 0 N–H and O–H groups in total. The van der Waals surface area contributed by atoms with E-state index >= 15 is 0 Å². The largest absolute Gasteiger partial charge is 0.507 e. The fourth-order valence-electron chi connectivity index (χ4n) is 4.35. The summed E-state index contributed by atoms with van der Waals surface area (Å²) in [6.45, 7) is 0. The molecule has 4 aliphatic rings. The molecule has 2 bridgehead atoms. The molecule has 0 unspecified atom stereocenters. The molecule has 2 amide bonds. The topological polar surface area (TPSA) is 55.8 Å². The van der Waals surface area contributed by atoms with Gasteiger partial charge in [-0.25, -0.2) is 4.90 Å². The molecule has 2 aliphatic carbocycles. The Morgan fingerprint density at radius 2 is 1.42 bits per heavy atom. The number of imide groups is 1. The van der Waals surface area contributed by atoms with Crippen LogP contribution >= 0.6 is 0 Å². The summed E-state index contributed by atoms with van der Waals surface area (Å²) in [6.07, 6.45) is -5.08. The van der Waals surface area contributed by atoms with Crippen molar-refractivity contribution in [3.05, 3.63) is 30.4 Å². The van der Waals surface area contributed by atoms with Crippen LogP contribution < -0.4 is 14.4 Å². The second-order valence-corrected chi connectivity index (χ2v) is 6.88. The van der Waals surface area contributed by atoms with Crippen molar-refractivity contribution in [1.82, 2.24) is 0 Å². The number of anilines is 1. The Hall–Kier alpha value is -2.58. The fraction of sp³-hybridized carbons (Fsp3) is 0.412. The van der Waals surface area contributed by atoms with E-state index in [4.69, 9.17) is 0 Å². The van der Waals surface area contributed by atoms with Gasteiger partial charge in [0, 0.05) is 6.07 Å². The molecule has 136 valence electrons. The van der Waals surface area contributed by atoms with Gasteiger partial charge < -0.3 is 9.47 Å². The lowest BCUT2D eigenvalue weighted by atomic mass is 9.85. The van der Waals surface area contributed by atoms with Crippen LogP contribution in [0.5, 0.6) is 11.5 Å². The molecule has 0 spiro atoms. The van der Waals surface area contributed by atoms with E-state index in [1.807, 2.05) is 12.2 Å². The van der Waals surface area contributed by atoms with Gasteiger partial charge in [-0.1, -0.05) is 12.2 Å². The standard InChI is InChI=1S/C17H11F4NO4/c18-16(19)17(20,21)26-11-6-9(3-4-10(11)25-16)22-14(23)12-7-1-2-8(5-7)13(12)15(22)24/h1-4,6-8,12-13H,5H2/t7-,8+,12-,13+. The van der Waals surface area contributed by atoms with E-state index < -0.39 is 47.4 Å². The van der Waals surface area contributed by atoms with Gasteiger partial charge in [-0.15, -0.1) is 0 Å². The fourth-order valence-corrected chi connectivity index (χ4v) is 4.35. The van der Waals surface area contributed by atoms with Crippen LogP contribution in [0.3, 0.4) is 0 Å². The van der Waals surface area contributed by atoms with Crippen molar-refractivity contribution >= 4 is 17.5 Å². The van der Waals surface area contributed by atoms with Crippen LogP contribution in [-0.2, 0) is 9.59 Å². The monoisotopic (exact) mass is 369 g/mol. The summed E-state index contributed by atoms with van der Waals surface area (Å²) in [6, 6.07) is 3.13. The third-order valence-corrected chi connectivity index (χ3v) is 5.47. The molecule has 26 heavy (non-hydrogen) atoms. The first-order valence-corrected chi connectivity index (χ1v) is 8.03. The lowest BCUT2D eigenvalue weighted by Crippen LogP contribution is -2.52. The van der Waals surface area contributed by atoms with E-state index in [1.165, 1.54) is 6.07 Å². The Labute approximate surface area is 144 Å². The van der Waals surface area contributed by atoms with Crippen LogP contribution in [0.25, 0.3) is 0 Å². The Kier molecular flexibility index (Phi) is 2.75. The van der Waals surface area contributed by atoms with E-state index in [0.717, 1.165) is 23.5 Å². The number of carbonyl (C=O) groups excluding carboxylic acids is 2. The summed E-state index contributed by atoms with van der Waals surface area (Å²) >= 11 is 0. The molecular formula is C17H11F4NO4. The second kappa shape index (κ2) is 4.57. The van der Waals surface area contributed by atoms with Crippen molar-refractivity contribution < 1.29 is 36.6 Å². The van der Waals surface area contributed by atoms with Crippen molar-refractivity contribution in [3.8, 4) is 11.5 Å². The van der Waals surface area contributed by atoms with Gasteiger partial charge in [-0.3, -0.25) is 9.59 Å². The third-order valence-electron chi connectivity index (χ3n) is 5.47. The lowest BCUT2D eigenvalue weighted by Gasteiger charge is -2.32. The highest BCUT2D eigenvalue weighted by atomic mass is 19.3. The average Bonchev–Trinajstić information content (AvgIpc) is 3.22. The Morgan fingerprint density at radius 3 is 2.00 bits per heavy atom. The summed E-state index contributed by atoms with van der Waals surface area (Å²) < 4.78 is 61.3. The van der Waals surface area contributed by atoms with Gasteiger partial charge in [-0.2, -0.15) is 17.6 Å². The maximum atomic E-state index is 13.4. The van der Waals surface area contributed by atoms with Gasteiger partial charge in [-0.05, 0) is 30.4 Å². The molecule has 2 heterocycles. The van der Waals surface area contributed by atoms with Crippen molar-refractivity contribution in [2.24, 2.45) is 23.7 Å². The van der Waals surface area contributed by atoms with Crippen LogP contribution in [0.15, 0.2) is 30.4 Å². The first-order chi connectivity index (χ1) is 12.2. The van der Waals surface area contributed by atoms with E-state index in [2.05, 4.69) is 9.47 Å². The van der Waals surface area contributed by atoms with Gasteiger partial charge in [0.05, 0.1) is 17.5 Å². The van der Waals surface area contributed by atoms with Crippen molar-refractivity contribution in [3.63, 3.8) is 0 Å². The summed E-state index contributed by atoms with van der Waals surface area (Å²) in [7, 11) is 0. The summed E-state index contributed by atoms with van der Waals surface area (Å²) in [5.74, 6) is -3.01. The molecule has 0 aromatic heterocycles. The molecule has 9 heteroatoms. The van der Waals surface area contributed by atoms with Crippen LogP contribution in [0, 0.1) is 23.7 Å². The molecule has 5 nitrogen and oxygen atoms in total. The average molecular weight is 369 g/mol. The zero-order valence-corrected chi connectivity index (χ0v) is 13.0. The molecule has 2 fully saturated rings. The predicted octanol–water partition coefficient (Wildman–Crippen LogP) is 2.95. The Balaban J connectivity index is 1.51. The number of amides is 2. The number of hydrogen-bond donors (Lipinski definition) is 0. The predicted molar refractivity (Wildman–Crippen MR) is 77.8 cm³/mol. The Morgan fingerprint density at radius 1 is 0.885 bits per heavy atom. The lowest BCUT2D eigenvalue weighted by molar-refractivity contribution is -0.391. The van der Waals surface area contributed by atoms with Gasteiger partial charge in [0.1, 0.15) is 0 Å². The van der Waals surface area contributed by atoms with Gasteiger partial charge in [0.15, 0.2) is 11.5 Å². The maximum absolute atomic E-state index is 13.4. The zero-order valence-electron chi connectivity index (χ0n) is 13.0. The molecule has 1 saturated carbocycles. The minimum atomic E-state index is -4.86. The number of alkyl halides is 4. The van der Waals surface area contributed by atoms with E-state index in [0.29, 0.717) is 0 Å². The van der Waals surface area contributed by atoms with Crippen LogP contribution in [0.1, 0.15) is 6.42 Å². The van der Waals surface area contributed by atoms with Gasteiger partial charge >= 0.3 is 12.2 Å². The smallest absolute Gasteiger partial charge is 0.421 e. The number of halogens is 4. The highest BCUT2D eigenvalue weighted by molar-refractivity contribution is 6.22. The van der Waals surface area contributed by atoms with Crippen LogP contribution in [-0.4, -0.2) is 24.0 Å². The SMILES string of the molecule is O=C1[C@@H]2[C@H](C(=O)N1c1ccc3c(c1)OC(F)(F)C(F)(F)O3)[C@@H]1C=C[C@H]2C1. The molecule has 1 aromatic carbocycles. The second-order valence-electron chi connectivity index (χ2n) is 6.88. The zero-order chi connectivity index (χ0) is 18.4. The maximum Gasteiger partial charge on any atom is 0.507 e. The number of fused-ring (bicyclic) bond motifs is 6. The van der Waals surface area contributed by atoms with Crippen molar-refractivity contribution in [2.45, 2.75) is 18.6 Å². The number of allylic oxidation sites excluding steroid dienone is 2. The number of hydrogen-bond acceptors (Lipinski definition) is 4. The van der Waals surface area contributed by atoms with Crippen molar-refractivity contribution in [2.75, 3.05) is 4.90 Å². The molecule has 1 saturated heterocycles. The number of nitrogens with zero attached hydrogens (tertiary/aromatic N) is 1. The molecule has 4 atom stereocenters. The van der Waals surface area contributed by atoms with Crippen LogP contribution in [0.2, 0.25) is 0 Å². The van der Waals surface area contributed by atoms with Crippen molar-refractivity contribution in [1.29, 1.82) is 0 Å². The minimum absolute atomic E-state index is 0.00262. The summed E-state index contributed by atoms with van der Waals surface area (Å²) in [4.78, 5) is 26.4. The third kappa shape index (κ3) is 1.80. The van der Waals surface area contributed by atoms with Crippen LogP contribution in [0.4, 0.5) is 23.2 Å². The molecular weight excluding hydrogens is 358 g/mol. The number of ether oxygens (including phenoxy) is 2. The number of rotatable bonds is 1. The van der Waals surface area contributed by atoms with Gasteiger partial charge in [0.2, 0.25) is 11.8 Å². The first kappa shape index (κ1) is 15.7. The van der Waals surface area contributed by atoms with Gasteiger partial charge in [0.25, 0.3) is 0 Å².